The predicted octanol–water partition coefficient (Wildman–Crippen LogP) is 1.82. The van der Waals surface area contributed by atoms with Gasteiger partial charge in [-0.15, -0.1) is 0 Å². The molecule has 0 atom stereocenters. The topological polar surface area (TPSA) is 87.7 Å². The molecule has 3 N–H and O–H groups in total. The van der Waals surface area contributed by atoms with E-state index in [1.807, 2.05) is 13.8 Å². The molecule has 2 amide bonds. The third-order valence-electron chi connectivity index (χ3n) is 2.27. The van der Waals surface area contributed by atoms with Crippen molar-refractivity contribution in [1.29, 1.82) is 0 Å². The summed E-state index contributed by atoms with van der Waals surface area (Å²) < 4.78 is 4.95. The van der Waals surface area contributed by atoms with E-state index in [0.29, 0.717) is 25.5 Å². The van der Waals surface area contributed by atoms with E-state index in [1.165, 1.54) is 0 Å². The van der Waals surface area contributed by atoms with E-state index in [9.17, 15) is 9.59 Å². The molecule has 0 aliphatic carbocycles. The summed E-state index contributed by atoms with van der Waals surface area (Å²) in [7, 11) is 0. The summed E-state index contributed by atoms with van der Waals surface area (Å²) in [5.41, 5.74) is 1.59. The quantitative estimate of drug-likeness (QED) is 0.335. The third kappa shape index (κ3) is 11.2. The molecule has 6 nitrogen and oxygen atoms in total. The predicted molar refractivity (Wildman–Crippen MR) is 67.2 cm³/mol. The molecule has 0 aromatic carbocycles. The molecule has 18 heavy (non-hydrogen) atoms. The second kappa shape index (κ2) is 10.8. The molecule has 0 spiro atoms. The van der Waals surface area contributed by atoms with Crippen LogP contribution in [0.15, 0.2) is 0 Å². The summed E-state index contributed by atoms with van der Waals surface area (Å²) in [4.78, 5) is 21.8. The first-order chi connectivity index (χ1) is 8.56. The van der Waals surface area contributed by atoms with Crippen molar-refractivity contribution in [3.05, 3.63) is 0 Å². The van der Waals surface area contributed by atoms with Gasteiger partial charge in [-0.1, -0.05) is 26.7 Å². The second-order valence-electron chi connectivity index (χ2n) is 4.62. The van der Waals surface area contributed by atoms with E-state index >= 15 is 0 Å². The summed E-state index contributed by atoms with van der Waals surface area (Å²) in [5, 5.41) is 10.9. The Balaban J connectivity index is 3.25. The van der Waals surface area contributed by atoms with Crippen molar-refractivity contribution < 1.29 is 19.5 Å². The van der Waals surface area contributed by atoms with E-state index in [2.05, 4.69) is 5.32 Å². The van der Waals surface area contributed by atoms with Gasteiger partial charge in [0.15, 0.2) is 0 Å². The third-order valence-corrected chi connectivity index (χ3v) is 2.27. The number of hydroxylamine groups is 1. The monoisotopic (exact) mass is 260 g/mol. The van der Waals surface area contributed by atoms with Crippen LogP contribution in [-0.2, 0) is 9.53 Å². The first-order valence-electron chi connectivity index (χ1n) is 6.39. The maximum atomic E-state index is 11.2. The number of ether oxygens (including phenoxy) is 1. The Kier molecular flexibility index (Phi) is 10.0. The molecule has 0 bridgehead atoms. The largest absolute Gasteiger partial charge is 0.449 e. The van der Waals surface area contributed by atoms with Crippen LogP contribution in [-0.4, -0.2) is 30.4 Å². The van der Waals surface area contributed by atoms with Gasteiger partial charge in [0, 0.05) is 13.0 Å². The number of rotatable bonds is 9. The van der Waals surface area contributed by atoms with Gasteiger partial charge in [-0.3, -0.25) is 10.0 Å². The van der Waals surface area contributed by atoms with E-state index in [-0.39, 0.29) is 12.0 Å². The molecule has 0 fully saturated rings. The highest BCUT2D eigenvalue weighted by Gasteiger charge is 2.02. The van der Waals surface area contributed by atoms with Crippen LogP contribution in [0.3, 0.4) is 0 Å². The molecule has 0 saturated heterocycles. The number of alkyl carbamates (subject to hydrolysis) is 1. The highest BCUT2D eigenvalue weighted by molar-refractivity contribution is 5.74. The van der Waals surface area contributed by atoms with E-state index in [0.717, 1.165) is 25.7 Å². The maximum Gasteiger partial charge on any atom is 0.407 e. The smallest absolute Gasteiger partial charge is 0.407 e. The zero-order valence-corrected chi connectivity index (χ0v) is 11.2. The minimum atomic E-state index is -0.372. The number of carbonyl (C=O) groups is 2. The van der Waals surface area contributed by atoms with Gasteiger partial charge in [0.2, 0.25) is 5.91 Å². The van der Waals surface area contributed by atoms with Gasteiger partial charge in [0.05, 0.1) is 6.61 Å². The number of hydrogen-bond acceptors (Lipinski definition) is 4. The second-order valence-corrected chi connectivity index (χ2v) is 4.62. The van der Waals surface area contributed by atoms with Crippen LogP contribution in [0.1, 0.15) is 46.0 Å². The summed E-state index contributed by atoms with van der Waals surface area (Å²) >= 11 is 0. The lowest BCUT2D eigenvalue weighted by atomic mass is 10.1. The van der Waals surface area contributed by atoms with Crippen LogP contribution in [0, 0.1) is 5.92 Å². The molecule has 0 aromatic heterocycles. The molecule has 0 rings (SSSR count). The van der Waals surface area contributed by atoms with Gasteiger partial charge in [0.25, 0.3) is 0 Å². The van der Waals surface area contributed by atoms with Crippen LogP contribution in [0.4, 0.5) is 4.79 Å². The van der Waals surface area contributed by atoms with E-state index in [1.54, 1.807) is 5.48 Å². The molecule has 106 valence electrons. The highest BCUT2D eigenvalue weighted by atomic mass is 16.5. The normalized spacial score (nSPS) is 10.2. The van der Waals surface area contributed by atoms with Crippen LogP contribution < -0.4 is 10.8 Å². The fourth-order valence-electron chi connectivity index (χ4n) is 1.30. The lowest BCUT2D eigenvalue weighted by molar-refractivity contribution is -0.129. The fraction of sp³-hybridized carbons (Fsp3) is 0.833. The Labute approximate surface area is 108 Å². The van der Waals surface area contributed by atoms with Crippen molar-refractivity contribution in [3.63, 3.8) is 0 Å². The SMILES string of the molecule is CC(C)COC(=O)NCCCCCCC(=O)NO. The zero-order chi connectivity index (χ0) is 13.8. The number of amides is 2. The molecular formula is C12H24N2O4. The van der Waals surface area contributed by atoms with Crippen molar-refractivity contribution in [2.45, 2.75) is 46.0 Å². The number of hydrogen-bond donors (Lipinski definition) is 3. The Morgan fingerprint density at radius 3 is 2.44 bits per heavy atom. The van der Waals surface area contributed by atoms with Crippen molar-refractivity contribution in [3.8, 4) is 0 Å². The Morgan fingerprint density at radius 1 is 1.17 bits per heavy atom. The van der Waals surface area contributed by atoms with Crippen molar-refractivity contribution in [2.75, 3.05) is 13.2 Å². The number of unbranched alkanes of at least 4 members (excludes halogenated alkanes) is 3. The summed E-state index contributed by atoms with van der Waals surface area (Å²) in [6.45, 7) is 4.98. The van der Waals surface area contributed by atoms with Gasteiger partial charge in [-0.05, 0) is 18.8 Å². The molecule has 0 heterocycles. The van der Waals surface area contributed by atoms with Gasteiger partial charge < -0.3 is 10.1 Å². The van der Waals surface area contributed by atoms with Crippen LogP contribution >= 0.6 is 0 Å². The lowest BCUT2D eigenvalue weighted by Gasteiger charge is -2.08. The lowest BCUT2D eigenvalue weighted by Crippen LogP contribution is -2.26. The van der Waals surface area contributed by atoms with Crippen molar-refractivity contribution in [1.82, 2.24) is 10.8 Å². The van der Waals surface area contributed by atoms with Crippen molar-refractivity contribution in [2.24, 2.45) is 5.92 Å². The summed E-state index contributed by atoms with van der Waals surface area (Å²) in [6.07, 6.45) is 3.39. The standard InChI is InChI=1S/C12H24N2O4/c1-10(2)9-18-12(16)13-8-6-4-3-5-7-11(15)14-17/h10,17H,3-9H2,1-2H3,(H,13,16)(H,14,15). The molecule has 0 aliphatic rings. The van der Waals surface area contributed by atoms with E-state index in [4.69, 9.17) is 9.94 Å². The minimum absolute atomic E-state index is 0.334. The van der Waals surface area contributed by atoms with Gasteiger partial charge >= 0.3 is 6.09 Å². The van der Waals surface area contributed by atoms with Gasteiger partial charge in [0.1, 0.15) is 0 Å². The highest BCUT2D eigenvalue weighted by Crippen LogP contribution is 2.02. The van der Waals surface area contributed by atoms with E-state index < -0.39 is 0 Å². The molecule has 0 aliphatic heterocycles. The molecule has 0 aromatic rings. The molecule has 6 heteroatoms. The summed E-state index contributed by atoms with van der Waals surface area (Å²) in [6, 6.07) is 0. The number of carbonyl (C=O) groups excluding carboxylic acids is 2. The van der Waals surface area contributed by atoms with Gasteiger partial charge in [-0.2, -0.15) is 0 Å². The Hall–Kier alpha value is -1.30. The first-order valence-corrected chi connectivity index (χ1v) is 6.39. The average Bonchev–Trinajstić information content (AvgIpc) is 2.34. The molecular weight excluding hydrogens is 236 g/mol. The first kappa shape index (κ1) is 16.7. The molecule has 0 unspecified atom stereocenters. The Bertz CT molecular complexity index is 244. The average molecular weight is 260 g/mol. The van der Waals surface area contributed by atoms with Crippen LogP contribution in [0.25, 0.3) is 0 Å². The summed E-state index contributed by atoms with van der Waals surface area (Å²) in [5.74, 6) is -0.0150. The molecule has 0 radical (unpaired) electrons. The zero-order valence-electron chi connectivity index (χ0n) is 11.2. The molecule has 0 saturated carbocycles. The van der Waals surface area contributed by atoms with Gasteiger partial charge in [-0.25, -0.2) is 10.3 Å². The fourth-order valence-corrected chi connectivity index (χ4v) is 1.30. The van der Waals surface area contributed by atoms with Crippen LogP contribution in [0.2, 0.25) is 0 Å². The Morgan fingerprint density at radius 2 is 1.83 bits per heavy atom. The maximum absolute atomic E-state index is 11.2. The van der Waals surface area contributed by atoms with Crippen LogP contribution in [0.5, 0.6) is 0 Å². The number of nitrogens with one attached hydrogen (secondary N) is 2. The minimum Gasteiger partial charge on any atom is -0.449 e. The van der Waals surface area contributed by atoms with Crippen molar-refractivity contribution >= 4 is 12.0 Å².